The molecular formula is C10H20N2. The Morgan fingerprint density at radius 3 is 2.67 bits per heavy atom. The number of nitrogens with zero attached hydrogens (tertiary/aromatic N) is 2. The van der Waals surface area contributed by atoms with Gasteiger partial charge in [0.1, 0.15) is 0 Å². The molecule has 0 aromatic carbocycles. The first-order valence-electron chi connectivity index (χ1n) is 5.36. The lowest BCUT2D eigenvalue weighted by molar-refractivity contribution is 0.152. The van der Waals surface area contributed by atoms with Gasteiger partial charge in [-0.05, 0) is 45.3 Å². The molecule has 2 saturated heterocycles. The molecule has 0 spiro atoms. The summed E-state index contributed by atoms with van der Waals surface area (Å²) in [4.78, 5) is 5.25. The SMILES string of the molecule is CCN1CCCC2CCCN2C1. The zero-order valence-electron chi connectivity index (χ0n) is 8.13. The zero-order chi connectivity index (χ0) is 8.39. The third-order valence-electron chi connectivity index (χ3n) is 3.34. The van der Waals surface area contributed by atoms with Gasteiger partial charge in [0.05, 0.1) is 6.67 Å². The van der Waals surface area contributed by atoms with Crippen LogP contribution in [0.25, 0.3) is 0 Å². The van der Waals surface area contributed by atoms with Crippen molar-refractivity contribution in [2.24, 2.45) is 0 Å². The Hall–Kier alpha value is -0.0800. The highest BCUT2D eigenvalue weighted by Gasteiger charge is 2.27. The molecular weight excluding hydrogens is 148 g/mol. The van der Waals surface area contributed by atoms with Gasteiger partial charge >= 0.3 is 0 Å². The van der Waals surface area contributed by atoms with Crippen LogP contribution in [0.1, 0.15) is 32.6 Å². The summed E-state index contributed by atoms with van der Waals surface area (Å²) in [6.45, 7) is 7.41. The van der Waals surface area contributed by atoms with Crippen LogP contribution >= 0.6 is 0 Å². The van der Waals surface area contributed by atoms with Crippen LogP contribution < -0.4 is 0 Å². The van der Waals surface area contributed by atoms with Crippen LogP contribution in [0.4, 0.5) is 0 Å². The first-order valence-corrected chi connectivity index (χ1v) is 5.36. The highest BCUT2D eigenvalue weighted by molar-refractivity contribution is 4.81. The van der Waals surface area contributed by atoms with Crippen molar-refractivity contribution < 1.29 is 0 Å². The van der Waals surface area contributed by atoms with Crippen molar-refractivity contribution in [2.75, 3.05) is 26.3 Å². The van der Waals surface area contributed by atoms with E-state index in [0.717, 1.165) is 6.04 Å². The van der Waals surface area contributed by atoms with E-state index in [0.29, 0.717) is 0 Å². The van der Waals surface area contributed by atoms with Crippen molar-refractivity contribution in [3.05, 3.63) is 0 Å². The van der Waals surface area contributed by atoms with Crippen LogP contribution in [-0.4, -0.2) is 42.1 Å². The Bertz CT molecular complexity index is 147. The van der Waals surface area contributed by atoms with E-state index in [1.165, 1.54) is 52.0 Å². The Kier molecular flexibility index (Phi) is 2.66. The van der Waals surface area contributed by atoms with E-state index in [1.807, 2.05) is 0 Å². The first-order chi connectivity index (χ1) is 5.90. The molecule has 1 atom stereocenters. The molecule has 0 aliphatic carbocycles. The van der Waals surface area contributed by atoms with Gasteiger partial charge < -0.3 is 0 Å². The van der Waals surface area contributed by atoms with Crippen molar-refractivity contribution in [3.8, 4) is 0 Å². The van der Waals surface area contributed by atoms with E-state index in [-0.39, 0.29) is 0 Å². The maximum atomic E-state index is 2.68. The summed E-state index contributed by atoms with van der Waals surface area (Å²) < 4.78 is 0. The Balaban J connectivity index is 1.94. The van der Waals surface area contributed by atoms with Crippen molar-refractivity contribution in [1.29, 1.82) is 0 Å². The Morgan fingerprint density at radius 2 is 1.92 bits per heavy atom. The van der Waals surface area contributed by atoms with Crippen LogP contribution in [0, 0.1) is 0 Å². The summed E-state index contributed by atoms with van der Waals surface area (Å²) in [6.07, 6.45) is 5.74. The van der Waals surface area contributed by atoms with Crippen molar-refractivity contribution in [2.45, 2.75) is 38.6 Å². The topological polar surface area (TPSA) is 6.48 Å². The molecule has 0 aromatic rings. The lowest BCUT2D eigenvalue weighted by Gasteiger charge is -2.26. The zero-order valence-corrected chi connectivity index (χ0v) is 8.13. The van der Waals surface area contributed by atoms with Gasteiger partial charge in [0, 0.05) is 6.04 Å². The molecule has 2 heteroatoms. The minimum absolute atomic E-state index is 0.932. The average Bonchev–Trinajstić information content (AvgIpc) is 2.43. The predicted molar refractivity (Wildman–Crippen MR) is 51.1 cm³/mol. The second-order valence-corrected chi connectivity index (χ2v) is 4.10. The average molecular weight is 168 g/mol. The summed E-state index contributed by atoms with van der Waals surface area (Å²) in [7, 11) is 0. The molecule has 70 valence electrons. The summed E-state index contributed by atoms with van der Waals surface area (Å²) in [5.74, 6) is 0. The lowest BCUT2D eigenvalue weighted by Crippen LogP contribution is -2.37. The number of hydrogen-bond acceptors (Lipinski definition) is 2. The van der Waals surface area contributed by atoms with Crippen LogP contribution in [0.2, 0.25) is 0 Å². The van der Waals surface area contributed by atoms with Gasteiger partial charge in [-0.15, -0.1) is 0 Å². The molecule has 2 heterocycles. The second kappa shape index (κ2) is 3.75. The summed E-state index contributed by atoms with van der Waals surface area (Å²) in [5, 5.41) is 0. The van der Waals surface area contributed by atoms with Gasteiger partial charge in [0.15, 0.2) is 0 Å². The highest BCUT2D eigenvalue weighted by Crippen LogP contribution is 2.23. The molecule has 1 unspecified atom stereocenters. The van der Waals surface area contributed by atoms with Crippen LogP contribution in [-0.2, 0) is 0 Å². The van der Waals surface area contributed by atoms with Crippen LogP contribution in [0.15, 0.2) is 0 Å². The smallest absolute Gasteiger partial charge is 0.0508 e. The van der Waals surface area contributed by atoms with Crippen molar-refractivity contribution in [1.82, 2.24) is 9.80 Å². The van der Waals surface area contributed by atoms with Gasteiger partial charge in [0.25, 0.3) is 0 Å². The molecule has 0 aromatic heterocycles. The van der Waals surface area contributed by atoms with Gasteiger partial charge in [-0.3, -0.25) is 9.80 Å². The largest absolute Gasteiger partial charge is 0.291 e. The first kappa shape index (κ1) is 8.52. The van der Waals surface area contributed by atoms with Crippen molar-refractivity contribution in [3.63, 3.8) is 0 Å². The van der Waals surface area contributed by atoms with E-state index in [9.17, 15) is 0 Å². The summed E-state index contributed by atoms with van der Waals surface area (Å²) >= 11 is 0. The third kappa shape index (κ3) is 1.64. The van der Waals surface area contributed by atoms with Gasteiger partial charge in [-0.1, -0.05) is 6.92 Å². The number of rotatable bonds is 1. The maximum Gasteiger partial charge on any atom is 0.0508 e. The van der Waals surface area contributed by atoms with E-state index in [2.05, 4.69) is 16.7 Å². The molecule has 2 rings (SSSR count). The quantitative estimate of drug-likeness (QED) is 0.586. The van der Waals surface area contributed by atoms with Crippen LogP contribution in [0.5, 0.6) is 0 Å². The minimum Gasteiger partial charge on any atom is -0.291 e. The Labute approximate surface area is 75.5 Å². The fraction of sp³-hybridized carbons (Fsp3) is 1.00. The van der Waals surface area contributed by atoms with Gasteiger partial charge in [-0.2, -0.15) is 0 Å². The molecule has 0 radical (unpaired) electrons. The fourth-order valence-electron chi connectivity index (χ4n) is 2.54. The molecule has 0 N–H and O–H groups in total. The minimum atomic E-state index is 0.932. The lowest BCUT2D eigenvalue weighted by atomic mass is 10.1. The highest BCUT2D eigenvalue weighted by atomic mass is 15.3. The third-order valence-corrected chi connectivity index (χ3v) is 3.34. The standard InChI is InChI=1S/C10H20N2/c1-2-11-7-3-5-10-6-4-8-12(10)9-11/h10H,2-9H2,1H3. The van der Waals surface area contributed by atoms with Gasteiger partial charge in [-0.25, -0.2) is 0 Å². The number of fused-ring (bicyclic) bond motifs is 1. The predicted octanol–water partition coefficient (Wildman–Crippen LogP) is 1.52. The van der Waals surface area contributed by atoms with E-state index in [4.69, 9.17) is 0 Å². The molecule has 2 fully saturated rings. The van der Waals surface area contributed by atoms with Crippen LogP contribution in [0.3, 0.4) is 0 Å². The number of hydrogen-bond donors (Lipinski definition) is 0. The van der Waals surface area contributed by atoms with Gasteiger partial charge in [0.2, 0.25) is 0 Å². The molecule has 0 bridgehead atoms. The normalized spacial score (nSPS) is 33.2. The van der Waals surface area contributed by atoms with E-state index < -0.39 is 0 Å². The van der Waals surface area contributed by atoms with E-state index in [1.54, 1.807) is 0 Å². The van der Waals surface area contributed by atoms with Crippen molar-refractivity contribution >= 4 is 0 Å². The second-order valence-electron chi connectivity index (χ2n) is 4.10. The molecule has 2 aliphatic rings. The molecule has 2 aliphatic heterocycles. The fourth-order valence-corrected chi connectivity index (χ4v) is 2.54. The molecule has 12 heavy (non-hydrogen) atoms. The monoisotopic (exact) mass is 168 g/mol. The summed E-state index contributed by atoms with van der Waals surface area (Å²) in [6, 6.07) is 0.932. The molecule has 0 saturated carbocycles. The molecule has 2 nitrogen and oxygen atoms in total. The Morgan fingerprint density at radius 1 is 1.17 bits per heavy atom. The summed E-state index contributed by atoms with van der Waals surface area (Å²) in [5.41, 5.74) is 0. The molecule has 0 amide bonds. The maximum absolute atomic E-state index is 2.68. The van der Waals surface area contributed by atoms with E-state index >= 15 is 0 Å².